The molecule has 2 aromatic rings. The minimum absolute atomic E-state index is 0.207. The van der Waals surface area contributed by atoms with Gasteiger partial charge in [-0.3, -0.25) is 9.10 Å². The first-order valence-electron chi connectivity index (χ1n) is 8.66. The Morgan fingerprint density at radius 3 is 2.54 bits per heavy atom. The van der Waals surface area contributed by atoms with Gasteiger partial charge in [-0.1, -0.05) is 30.3 Å². The molecule has 5 nitrogen and oxygen atoms in total. The number of sulfonamides is 1. The first kappa shape index (κ1) is 18.5. The predicted molar refractivity (Wildman–Crippen MR) is 105 cm³/mol. The van der Waals surface area contributed by atoms with E-state index in [0.29, 0.717) is 12.2 Å². The standard InChI is InChI=1S/C20H24N2O3S/c1-14-9-10-15(2)19(13-14)22(26(4,24)25)16(3)20(23)21-12-11-17-7-5-6-8-18(17)21/h5-10,13,16H,11-12H2,1-4H3. The maximum Gasteiger partial charge on any atom is 0.250 e. The van der Waals surface area contributed by atoms with Crippen molar-refractivity contribution in [3.05, 3.63) is 59.2 Å². The zero-order valence-corrected chi connectivity index (χ0v) is 16.4. The molecule has 0 N–H and O–H groups in total. The van der Waals surface area contributed by atoms with Gasteiger partial charge < -0.3 is 4.90 Å². The van der Waals surface area contributed by atoms with Gasteiger partial charge in [-0.2, -0.15) is 0 Å². The van der Waals surface area contributed by atoms with Gasteiger partial charge in [-0.25, -0.2) is 8.42 Å². The van der Waals surface area contributed by atoms with Crippen molar-refractivity contribution in [2.45, 2.75) is 33.2 Å². The van der Waals surface area contributed by atoms with Crippen LogP contribution < -0.4 is 9.21 Å². The third-order valence-corrected chi connectivity index (χ3v) is 6.05. The van der Waals surface area contributed by atoms with Crippen LogP contribution in [-0.2, 0) is 21.2 Å². The molecule has 0 radical (unpaired) electrons. The molecule has 26 heavy (non-hydrogen) atoms. The first-order chi connectivity index (χ1) is 12.2. The van der Waals surface area contributed by atoms with Gasteiger partial charge in [-0.15, -0.1) is 0 Å². The third kappa shape index (κ3) is 3.33. The van der Waals surface area contributed by atoms with Crippen molar-refractivity contribution in [3.63, 3.8) is 0 Å². The molecule has 1 unspecified atom stereocenters. The lowest BCUT2D eigenvalue weighted by Crippen LogP contribution is -2.49. The number of rotatable bonds is 4. The van der Waals surface area contributed by atoms with Crippen molar-refractivity contribution in [2.24, 2.45) is 0 Å². The average molecular weight is 372 g/mol. The number of fused-ring (bicyclic) bond motifs is 1. The van der Waals surface area contributed by atoms with Gasteiger partial charge in [0.25, 0.3) is 5.91 Å². The summed E-state index contributed by atoms with van der Waals surface area (Å²) in [4.78, 5) is 14.9. The topological polar surface area (TPSA) is 57.7 Å². The van der Waals surface area contributed by atoms with Crippen LogP contribution in [-0.4, -0.2) is 33.2 Å². The fourth-order valence-electron chi connectivity index (χ4n) is 3.52. The Hall–Kier alpha value is -2.34. The summed E-state index contributed by atoms with van der Waals surface area (Å²) in [5.41, 5.74) is 4.32. The molecule has 0 aromatic heterocycles. The van der Waals surface area contributed by atoms with Gasteiger partial charge >= 0.3 is 0 Å². The van der Waals surface area contributed by atoms with Crippen LogP contribution in [0.5, 0.6) is 0 Å². The van der Waals surface area contributed by atoms with E-state index in [4.69, 9.17) is 0 Å². The number of carbonyl (C=O) groups is 1. The van der Waals surface area contributed by atoms with Gasteiger partial charge in [0.1, 0.15) is 6.04 Å². The Labute approximate surface area is 155 Å². The SMILES string of the molecule is Cc1ccc(C)c(N(C(C)C(=O)N2CCc3ccccc32)S(C)(=O)=O)c1. The number of hydrogen-bond acceptors (Lipinski definition) is 3. The van der Waals surface area contributed by atoms with E-state index in [-0.39, 0.29) is 5.91 Å². The second-order valence-electron chi connectivity index (χ2n) is 6.89. The third-order valence-electron chi connectivity index (χ3n) is 4.82. The van der Waals surface area contributed by atoms with E-state index in [2.05, 4.69) is 0 Å². The highest BCUT2D eigenvalue weighted by atomic mass is 32.2. The van der Waals surface area contributed by atoms with Crippen LogP contribution in [0.2, 0.25) is 0 Å². The number of anilines is 2. The molecule has 2 aromatic carbocycles. The summed E-state index contributed by atoms with van der Waals surface area (Å²) >= 11 is 0. The number of benzene rings is 2. The highest BCUT2D eigenvalue weighted by Gasteiger charge is 2.35. The van der Waals surface area contributed by atoms with Gasteiger partial charge in [0, 0.05) is 12.2 Å². The highest BCUT2D eigenvalue weighted by molar-refractivity contribution is 7.92. The van der Waals surface area contributed by atoms with Crippen molar-refractivity contribution >= 4 is 27.3 Å². The number of para-hydroxylation sites is 1. The molecule has 138 valence electrons. The fourth-order valence-corrected chi connectivity index (χ4v) is 4.74. The molecule has 0 fully saturated rings. The van der Waals surface area contributed by atoms with E-state index < -0.39 is 16.1 Å². The van der Waals surface area contributed by atoms with E-state index in [1.54, 1.807) is 11.8 Å². The summed E-state index contributed by atoms with van der Waals surface area (Å²) in [5, 5.41) is 0. The summed E-state index contributed by atoms with van der Waals surface area (Å²) in [7, 11) is -3.62. The lowest BCUT2D eigenvalue weighted by molar-refractivity contribution is -0.119. The zero-order chi connectivity index (χ0) is 19.1. The Balaban J connectivity index is 2.01. The number of carbonyl (C=O) groups excluding carboxylic acids is 1. The maximum atomic E-state index is 13.2. The Morgan fingerprint density at radius 2 is 1.85 bits per heavy atom. The minimum atomic E-state index is -3.62. The second kappa shape index (κ2) is 6.76. The van der Waals surface area contributed by atoms with Crippen LogP contribution in [0, 0.1) is 13.8 Å². The molecule has 6 heteroatoms. The smallest absolute Gasteiger partial charge is 0.250 e. The van der Waals surface area contributed by atoms with Crippen molar-refractivity contribution in [1.82, 2.24) is 0 Å². The Morgan fingerprint density at radius 1 is 1.15 bits per heavy atom. The highest BCUT2D eigenvalue weighted by Crippen LogP contribution is 2.31. The summed E-state index contributed by atoms with van der Waals surface area (Å²) in [6, 6.07) is 12.6. The van der Waals surface area contributed by atoms with Crippen LogP contribution in [0.3, 0.4) is 0 Å². The Kier molecular flexibility index (Phi) is 4.80. The molecule has 3 rings (SSSR count). The zero-order valence-electron chi connectivity index (χ0n) is 15.6. The molecule has 1 heterocycles. The fraction of sp³-hybridized carbons (Fsp3) is 0.350. The van der Waals surface area contributed by atoms with E-state index in [9.17, 15) is 13.2 Å². The molecule has 1 atom stereocenters. The van der Waals surface area contributed by atoms with E-state index in [1.165, 1.54) is 4.31 Å². The van der Waals surface area contributed by atoms with Crippen molar-refractivity contribution < 1.29 is 13.2 Å². The second-order valence-corrected chi connectivity index (χ2v) is 8.75. The summed E-state index contributed by atoms with van der Waals surface area (Å²) in [5.74, 6) is -0.207. The maximum absolute atomic E-state index is 13.2. The summed E-state index contributed by atoms with van der Waals surface area (Å²) in [6.07, 6.45) is 1.94. The molecule has 0 bridgehead atoms. The van der Waals surface area contributed by atoms with E-state index in [0.717, 1.165) is 35.1 Å². The molecule has 1 aliphatic rings. The number of aryl methyl sites for hydroxylation is 2. The molecule has 1 amide bonds. The first-order valence-corrected chi connectivity index (χ1v) is 10.5. The van der Waals surface area contributed by atoms with Crippen LogP contribution >= 0.6 is 0 Å². The lowest BCUT2D eigenvalue weighted by Gasteiger charge is -2.32. The summed E-state index contributed by atoms with van der Waals surface area (Å²) in [6.45, 7) is 6.00. The van der Waals surface area contributed by atoms with Crippen LogP contribution in [0.25, 0.3) is 0 Å². The quantitative estimate of drug-likeness (QED) is 0.829. The number of amides is 1. The van der Waals surface area contributed by atoms with Crippen LogP contribution in [0.1, 0.15) is 23.6 Å². The largest absolute Gasteiger partial charge is 0.310 e. The normalized spacial score (nSPS) is 14.8. The monoisotopic (exact) mass is 372 g/mol. The predicted octanol–water partition coefficient (Wildman–Crippen LogP) is 3.05. The van der Waals surface area contributed by atoms with Crippen molar-refractivity contribution in [3.8, 4) is 0 Å². The molecule has 0 spiro atoms. The van der Waals surface area contributed by atoms with E-state index in [1.807, 2.05) is 56.3 Å². The Bertz CT molecular complexity index is 953. The van der Waals surface area contributed by atoms with Crippen molar-refractivity contribution in [1.29, 1.82) is 0 Å². The average Bonchev–Trinajstić information content (AvgIpc) is 3.00. The number of hydrogen-bond donors (Lipinski definition) is 0. The number of nitrogens with zero attached hydrogens (tertiary/aromatic N) is 2. The van der Waals surface area contributed by atoms with Crippen LogP contribution in [0.15, 0.2) is 42.5 Å². The van der Waals surface area contributed by atoms with Gasteiger partial charge in [0.2, 0.25) is 10.0 Å². The van der Waals surface area contributed by atoms with E-state index >= 15 is 0 Å². The lowest BCUT2D eigenvalue weighted by atomic mass is 10.1. The minimum Gasteiger partial charge on any atom is -0.310 e. The molecule has 0 saturated heterocycles. The molecular weight excluding hydrogens is 348 g/mol. The van der Waals surface area contributed by atoms with Gasteiger partial charge in [0.05, 0.1) is 11.9 Å². The molecular formula is C20H24N2O3S. The van der Waals surface area contributed by atoms with Gasteiger partial charge in [-0.05, 0) is 56.0 Å². The summed E-state index contributed by atoms with van der Waals surface area (Å²) < 4.78 is 26.4. The molecule has 0 aliphatic carbocycles. The van der Waals surface area contributed by atoms with Crippen molar-refractivity contribution in [2.75, 3.05) is 22.0 Å². The van der Waals surface area contributed by atoms with Crippen LogP contribution in [0.4, 0.5) is 11.4 Å². The van der Waals surface area contributed by atoms with Gasteiger partial charge in [0.15, 0.2) is 0 Å². The molecule has 0 saturated carbocycles. The molecule has 1 aliphatic heterocycles.